The van der Waals surface area contributed by atoms with Gasteiger partial charge in [-0.2, -0.15) is 5.10 Å². The number of hydrazone groups is 1. The van der Waals surface area contributed by atoms with Crippen molar-refractivity contribution in [2.75, 3.05) is 0 Å². The largest absolute Gasteiger partial charge is 0.505 e. The van der Waals surface area contributed by atoms with Gasteiger partial charge >= 0.3 is 0 Å². The fourth-order valence-corrected chi connectivity index (χ4v) is 3.01. The lowest BCUT2D eigenvalue weighted by Crippen LogP contribution is -2.44. The molecule has 0 unspecified atom stereocenters. The van der Waals surface area contributed by atoms with Gasteiger partial charge in [-0.25, -0.2) is 0 Å². The second kappa shape index (κ2) is 8.21. The van der Waals surface area contributed by atoms with Crippen LogP contribution in [0.2, 0.25) is 0 Å². The van der Waals surface area contributed by atoms with E-state index in [0.29, 0.717) is 33.9 Å². The number of nitrogens with zero attached hydrogens (tertiary/aromatic N) is 2. The van der Waals surface area contributed by atoms with Gasteiger partial charge in [0.15, 0.2) is 5.11 Å². The van der Waals surface area contributed by atoms with Gasteiger partial charge in [-0.3, -0.25) is 10.4 Å². The number of hydrogen-bond donors (Lipinski definition) is 4. The molecule has 1 aliphatic carbocycles. The van der Waals surface area contributed by atoms with Crippen molar-refractivity contribution in [1.82, 2.24) is 15.7 Å². The van der Waals surface area contributed by atoms with Crippen LogP contribution in [0.25, 0.3) is 0 Å². The van der Waals surface area contributed by atoms with E-state index in [1.807, 2.05) is 0 Å². The minimum atomic E-state index is -0.218. The summed E-state index contributed by atoms with van der Waals surface area (Å²) in [5.41, 5.74) is 4.22. The van der Waals surface area contributed by atoms with Crippen molar-refractivity contribution >= 4 is 23.5 Å². The standard InChI is InChI=1S/C16H24N4O2S/c1-10-5-3-4-6-14(10)19-16(23)20-18-8-13-12(9-21)7-17-11(2)15(13)22/h7-8,10,14,21-22H,3-6,9H2,1-2H3,(H2,19,20,23)/b18-8+/t10-,14+/m0/s1. The summed E-state index contributed by atoms with van der Waals surface area (Å²) in [6.07, 6.45) is 7.81. The maximum Gasteiger partial charge on any atom is 0.187 e. The number of aryl methyl sites for hydroxylation is 1. The van der Waals surface area contributed by atoms with Crippen LogP contribution in [0.5, 0.6) is 5.75 Å². The van der Waals surface area contributed by atoms with Gasteiger partial charge in [-0.1, -0.05) is 19.8 Å². The molecule has 0 spiro atoms. The summed E-state index contributed by atoms with van der Waals surface area (Å²) in [4.78, 5) is 4.01. The smallest absolute Gasteiger partial charge is 0.187 e. The predicted octanol–water partition coefficient (Wildman–Crippen LogP) is 1.96. The number of aliphatic hydroxyl groups is 1. The normalized spacial score (nSPS) is 21.3. The monoisotopic (exact) mass is 336 g/mol. The molecule has 1 heterocycles. The third kappa shape index (κ3) is 4.62. The number of aliphatic hydroxyl groups excluding tert-OH is 1. The van der Waals surface area contributed by atoms with Gasteiger partial charge in [0.1, 0.15) is 5.75 Å². The third-order valence-electron chi connectivity index (χ3n) is 4.32. The van der Waals surface area contributed by atoms with Crippen molar-refractivity contribution in [3.05, 3.63) is 23.0 Å². The fraction of sp³-hybridized carbons (Fsp3) is 0.562. The van der Waals surface area contributed by atoms with Crippen LogP contribution < -0.4 is 10.7 Å². The van der Waals surface area contributed by atoms with E-state index >= 15 is 0 Å². The average Bonchev–Trinajstić information content (AvgIpc) is 2.54. The van der Waals surface area contributed by atoms with Gasteiger partial charge < -0.3 is 15.5 Å². The van der Waals surface area contributed by atoms with Gasteiger partial charge in [-0.05, 0) is 37.9 Å². The van der Waals surface area contributed by atoms with E-state index in [2.05, 4.69) is 27.8 Å². The number of aromatic nitrogens is 1. The molecule has 1 saturated carbocycles. The quantitative estimate of drug-likeness (QED) is 0.382. The molecule has 126 valence electrons. The van der Waals surface area contributed by atoms with Crippen molar-refractivity contribution in [3.63, 3.8) is 0 Å². The van der Waals surface area contributed by atoms with E-state index in [9.17, 15) is 10.2 Å². The van der Waals surface area contributed by atoms with Gasteiger partial charge in [0, 0.05) is 23.4 Å². The number of nitrogens with one attached hydrogen (secondary N) is 2. The van der Waals surface area contributed by atoms with Crippen molar-refractivity contribution in [2.45, 2.75) is 52.2 Å². The Morgan fingerprint density at radius 2 is 2.22 bits per heavy atom. The number of pyridine rings is 1. The molecular weight excluding hydrogens is 312 g/mol. The Bertz CT molecular complexity index is 592. The molecule has 0 saturated heterocycles. The molecule has 1 aromatic heterocycles. The van der Waals surface area contributed by atoms with Gasteiger partial charge in [0.25, 0.3) is 0 Å². The van der Waals surface area contributed by atoms with Crippen molar-refractivity contribution in [2.24, 2.45) is 11.0 Å². The number of rotatable bonds is 4. The summed E-state index contributed by atoms with van der Waals surface area (Å²) < 4.78 is 0. The maximum absolute atomic E-state index is 10.0. The molecule has 0 aromatic carbocycles. The van der Waals surface area contributed by atoms with E-state index in [4.69, 9.17) is 12.2 Å². The molecule has 7 heteroatoms. The molecule has 1 fully saturated rings. The highest BCUT2D eigenvalue weighted by Gasteiger charge is 2.21. The first kappa shape index (κ1) is 17.6. The minimum Gasteiger partial charge on any atom is -0.505 e. The molecular formula is C16H24N4O2S. The summed E-state index contributed by atoms with van der Waals surface area (Å²) in [6.45, 7) is 3.70. The Morgan fingerprint density at radius 1 is 1.48 bits per heavy atom. The highest BCUT2D eigenvalue weighted by Crippen LogP contribution is 2.24. The van der Waals surface area contributed by atoms with E-state index < -0.39 is 0 Å². The van der Waals surface area contributed by atoms with Gasteiger partial charge in [0.2, 0.25) is 0 Å². The Hall–Kier alpha value is -1.73. The summed E-state index contributed by atoms with van der Waals surface area (Å²) in [5, 5.41) is 27.2. The van der Waals surface area contributed by atoms with Crippen LogP contribution in [-0.2, 0) is 6.61 Å². The highest BCUT2D eigenvalue weighted by molar-refractivity contribution is 7.80. The van der Waals surface area contributed by atoms with E-state index in [-0.39, 0.29) is 12.4 Å². The second-order valence-electron chi connectivity index (χ2n) is 6.00. The number of aromatic hydroxyl groups is 1. The first-order valence-corrected chi connectivity index (χ1v) is 8.31. The van der Waals surface area contributed by atoms with Crippen LogP contribution in [0.15, 0.2) is 11.3 Å². The number of hydrogen-bond acceptors (Lipinski definition) is 5. The van der Waals surface area contributed by atoms with Crippen molar-refractivity contribution < 1.29 is 10.2 Å². The molecule has 2 atom stereocenters. The van der Waals surface area contributed by atoms with E-state index in [1.54, 1.807) is 6.92 Å². The Kier molecular flexibility index (Phi) is 6.29. The predicted molar refractivity (Wildman–Crippen MR) is 94.4 cm³/mol. The van der Waals surface area contributed by atoms with Gasteiger partial charge in [0.05, 0.1) is 18.5 Å². The van der Waals surface area contributed by atoms with Gasteiger partial charge in [-0.15, -0.1) is 0 Å². The van der Waals surface area contributed by atoms with Crippen LogP contribution in [0.4, 0.5) is 0 Å². The highest BCUT2D eigenvalue weighted by atomic mass is 32.1. The molecule has 1 aliphatic rings. The Morgan fingerprint density at radius 3 is 2.91 bits per heavy atom. The zero-order valence-corrected chi connectivity index (χ0v) is 14.4. The minimum absolute atomic E-state index is 0.0156. The van der Waals surface area contributed by atoms with Crippen LogP contribution in [0.3, 0.4) is 0 Å². The van der Waals surface area contributed by atoms with Crippen LogP contribution >= 0.6 is 12.2 Å². The summed E-state index contributed by atoms with van der Waals surface area (Å²) >= 11 is 5.26. The number of thiocarbonyl (C=S) groups is 1. The molecule has 6 nitrogen and oxygen atoms in total. The van der Waals surface area contributed by atoms with E-state index in [1.165, 1.54) is 31.7 Å². The molecule has 4 N–H and O–H groups in total. The van der Waals surface area contributed by atoms with Crippen molar-refractivity contribution in [1.29, 1.82) is 0 Å². The summed E-state index contributed by atoms with van der Waals surface area (Å²) in [7, 11) is 0. The first-order chi connectivity index (χ1) is 11.0. The van der Waals surface area contributed by atoms with E-state index in [0.717, 1.165) is 6.42 Å². The molecule has 0 bridgehead atoms. The van der Waals surface area contributed by atoms with Crippen LogP contribution in [-0.4, -0.2) is 32.6 Å². The Labute approximate surface area is 142 Å². The SMILES string of the molecule is Cc1ncc(CO)c(/C=N/NC(=S)N[C@@H]2CCCC[C@@H]2C)c1O. The lowest BCUT2D eigenvalue weighted by Gasteiger charge is -2.30. The average molecular weight is 336 g/mol. The fourth-order valence-electron chi connectivity index (χ4n) is 2.81. The Balaban J connectivity index is 1.96. The lowest BCUT2D eigenvalue weighted by atomic mass is 9.86. The summed E-state index contributed by atoms with van der Waals surface area (Å²) in [6, 6.07) is 0.378. The molecule has 0 amide bonds. The maximum atomic E-state index is 10.0. The zero-order chi connectivity index (χ0) is 16.8. The summed E-state index contributed by atoms with van der Waals surface area (Å²) in [5.74, 6) is 0.613. The van der Waals surface area contributed by atoms with Crippen LogP contribution in [0, 0.1) is 12.8 Å². The first-order valence-electron chi connectivity index (χ1n) is 7.90. The van der Waals surface area contributed by atoms with Crippen LogP contribution in [0.1, 0.15) is 49.4 Å². The lowest BCUT2D eigenvalue weighted by molar-refractivity contribution is 0.280. The molecule has 1 aromatic rings. The third-order valence-corrected chi connectivity index (χ3v) is 4.53. The molecule has 0 radical (unpaired) electrons. The van der Waals surface area contributed by atoms with Crippen molar-refractivity contribution in [3.8, 4) is 5.75 Å². The molecule has 2 rings (SSSR count). The zero-order valence-electron chi connectivity index (χ0n) is 13.5. The second-order valence-corrected chi connectivity index (χ2v) is 6.41. The molecule has 0 aliphatic heterocycles. The molecule has 23 heavy (non-hydrogen) atoms. The topological polar surface area (TPSA) is 89.8 Å².